The summed E-state index contributed by atoms with van der Waals surface area (Å²) >= 11 is 0. The number of nitrogens with zero attached hydrogens (tertiary/aromatic N) is 3. The summed E-state index contributed by atoms with van der Waals surface area (Å²) in [5, 5.41) is 0. The van der Waals surface area contributed by atoms with E-state index in [1.165, 1.54) is 36.8 Å². The highest BCUT2D eigenvalue weighted by atomic mass is 15.1. The van der Waals surface area contributed by atoms with E-state index in [0.29, 0.717) is 17.8 Å². The van der Waals surface area contributed by atoms with Crippen LogP contribution >= 0.6 is 0 Å². The molecule has 4 nitrogen and oxygen atoms in total. The van der Waals surface area contributed by atoms with E-state index in [1.807, 2.05) is 0 Å². The van der Waals surface area contributed by atoms with E-state index in [0.717, 1.165) is 18.1 Å². The molecule has 1 heterocycles. The molecular weight excluding hydrogens is 248 g/mol. The Morgan fingerprint density at radius 3 is 2.50 bits per heavy atom. The Labute approximate surface area is 118 Å². The van der Waals surface area contributed by atoms with Crippen molar-refractivity contribution in [3.8, 4) is 0 Å². The fourth-order valence-corrected chi connectivity index (χ4v) is 3.44. The average Bonchev–Trinajstić information content (AvgIpc) is 2.93. The van der Waals surface area contributed by atoms with Crippen molar-refractivity contribution in [2.75, 3.05) is 5.73 Å². The minimum Gasteiger partial charge on any atom is -0.368 e. The van der Waals surface area contributed by atoms with E-state index < -0.39 is 0 Å². The number of nitrogens with two attached hydrogens (primary N) is 1. The molecule has 1 unspecified atom stereocenters. The third-order valence-corrected chi connectivity index (χ3v) is 4.57. The van der Waals surface area contributed by atoms with Crippen molar-refractivity contribution >= 4 is 5.95 Å². The second-order valence-electron chi connectivity index (χ2n) is 5.85. The Kier molecular flexibility index (Phi) is 2.69. The maximum atomic E-state index is 5.90. The molecule has 0 saturated heterocycles. The molecule has 2 aliphatic carbocycles. The van der Waals surface area contributed by atoms with Gasteiger partial charge in [0.1, 0.15) is 11.6 Å². The zero-order valence-electron chi connectivity index (χ0n) is 11.4. The Morgan fingerprint density at radius 1 is 0.950 bits per heavy atom. The van der Waals surface area contributed by atoms with Crippen molar-refractivity contribution in [1.82, 2.24) is 15.0 Å². The van der Waals surface area contributed by atoms with Crippen molar-refractivity contribution in [2.24, 2.45) is 0 Å². The quantitative estimate of drug-likeness (QED) is 0.907. The molecule has 1 fully saturated rings. The van der Waals surface area contributed by atoms with Crippen LogP contribution in [0.2, 0.25) is 0 Å². The van der Waals surface area contributed by atoms with Crippen molar-refractivity contribution < 1.29 is 0 Å². The number of hydrogen-bond donors (Lipinski definition) is 1. The van der Waals surface area contributed by atoms with Crippen molar-refractivity contribution in [2.45, 2.75) is 43.9 Å². The Balaban J connectivity index is 1.69. The van der Waals surface area contributed by atoms with Crippen molar-refractivity contribution in [1.29, 1.82) is 0 Å². The summed E-state index contributed by atoms with van der Waals surface area (Å²) in [6, 6.07) is 8.50. The first-order valence-electron chi connectivity index (χ1n) is 7.40. The SMILES string of the molecule is Nc1nc(C2CCCC2)nc(C2Cc3ccccc32)n1. The molecular formula is C16H18N4. The number of benzene rings is 1. The first-order valence-corrected chi connectivity index (χ1v) is 7.40. The van der Waals surface area contributed by atoms with E-state index >= 15 is 0 Å². The van der Waals surface area contributed by atoms with Gasteiger partial charge in [-0.2, -0.15) is 9.97 Å². The summed E-state index contributed by atoms with van der Waals surface area (Å²) in [4.78, 5) is 13.5. The van der Waals surface area contributed by atoms with Gasteiger partial charge in [0.15, 0.2) is 0 Å². The van der Waals surface area contributed by atoms with Crippen LogP contribution in [0.5, 0.6) is 0 Å². The number of hydrogen-bond acceptors (Lipinski definition) is 4. The van der Waals surface area contributed by atoms with Crippen molar-refractivity contribution in [3.05, 3.63) is 47.0 Å². The molecule has 1 aromatic carbocycles. The standard InChI is InChI=1S/C16H18N4/c17-16-19-14(10-5-1-2-6-10)18-15(20-16)13-9-11-7-3-4-8-12(11)13/h3-4,7-8,10,13H,1-2,5-6,9H2,(H2,17,18,19,20). The number of rotatable bonds is 2. The van der Waals surface area contributed by atoms with Gasteiger partial charge in [-0.25, -0.2) is 4.98 Å². The summed E-state index contributed by atoms with van der Waals surface area (Å²) in [6.07, 6.45) is 5.94. The topological polar surface area (TPSA) is 64.7 Å². The van der Waals surface area contributed by atoms with Gasteiger partial charge >= 0.3 is 0 Å². The lowest BCUT2D eigenvalue weighted by Gasteiger charge is -2.29. The van der Waals surface area contributed by atoms with Gasteiger partial charge in [0.25, 0.3) is 0 Å². The number of nitrogen functional groups attached to an aromatic ring is 1. The maximum absolute atomic E-state index is 5.90. The van der Waals surface area contributed by atoms with E-state index in [1.54, 1.807) is 0 Å². The Hall–Kier alpha value is -1.97. The Morgan fingerprint density at radius 2 is 1.70 bits per heavy atom. The van der Waals surface area contributed by atoms with Crippen LogP contribution in [0.1, 0.15) is 60.3 Å². The monoisotopic (exact) mass is 266 g/mol. The molecule has 2 aromatic rings. The lowest BCUT2D eigenvalue weighted by Crippen LogP contribution is -2.22. The van der Waals surface area contributed by atoms with Crippen LogP contribution in [0.25, 0.3) is 0 Å². The summed E-state index contributed by atoms with van der Waals surface area (Å²) in [5.74, 6) is 2.93. The van der Waals surface area contributed by atoms with Gasteiger partial charge in [0.2, 0.25) is 5.95 Å². The highest BCUT2D eigenvalue weighted by Crippen LogP contribution is 2.39. The fraction of sp³-hybridized carbons (Fsp3) is 0.438. The smallest absolute Gasteiger partial charge is 0.223 e. The molecule has 2 aliphatic rings. The lowest BCUT2D eigenvalue weighted by molar-refractivity contribution is 0.611. The van der Waals surface area contributed by atoms with Gasteiger partial charge in [-0.05, 0) is 30.4 Å². The fourth-order valence-electron chi connectivity index (χ4n) is 3.44. The highest BCUT2D eigenvalue weighted by molar-refractivity contribution is 5.44. The molecule has 0 amide bonds. The van der Waals surface area contributed by atoms with Gasteiger partial charge < -0.3 is 5.73 Å². The highest BCUT2D eigenvalue weighted by Gasteiger charge is 2.31. The first-order chi connectivity index (χ1) is 9.81. The van der Waals surface area contributed by atoms with Crippen LogP contribution in [0.4, 0.5) is 5.95 Å². The van der Waals surface area contributed by atoms with Crippen LogP contribution in [-0.4, -0.2) is 15.0 Å². The molecule has 0 aliphatic heterocycles. The number of aromatic nitrogens is 3. The molecule has 4 heteroatoms. The van der Waals surface area contributed by atoms with E-state index in [2.05, 4.69) is 34.2 Å². The lowest BCUT2D eigenvalue weighted by atomic mass is 9.77. The Bertz CT molecular complexity index is 647. The second kappa shape index (κ2) is 4.54. The van der Waals surface area contributed by atoms with Gasteiger partial charge in [0, 0.05) is 11.8 Å². The number of anilines is 1. The summed E-state index contributed by atoms with van der Waals surface area (Å²) in [6.45, 7) is 0. The van der Waals surface area contributed by atoms with Crippen LogP contribution in [0.3, 0.4) is 0 Å². The normalized spacial score (nSPS) is 21.5. The van der Waals surface area contributed by atoms with Gasteiger partial charge in [-0.15, -0.1) is 0 Å². The molecule has 0 spiro atoms. The molecule has 1 saturated carbocycles. The molecule has 0 bridgehead atoms. The summed E-state index contributed by atoms with van der Waals surface area (Å²) < 4.78 is 0. The van der Waals surface area contributed by atoms with Gasteiger partial charge in [0.05, 0.1) is 0 Å². The first kappa shape index (κ1) is 11.8. The van der Waals surface area contributed by atoms with Crippen LogP contribution < -0.4 is 5.73 Å². The van der Waals surface area contributed by atoms with Crippen LogP contribution in [0.15, 0.2) is 24.3 Å². The second-order valence-corrected chi connectivity index (χ2v) is 5.85. The third kappa shape index (κ3) is 1.87. The molecule has 2 N–H and O–H groups in total. The molecule has 20 heavy (non-hydrogen) atoms. The zero-order valence-corrected chi connectivity index (χ0v) is 11.4. The van der Waals surface area contributed by atoms with Crippen LogP contribution in [-0.2, 0) is 6.42 Å². The molecule has 4 rings (SSSR count). The van der Waals surface area contributed by atoms with Gasteiger partial charge in [-0.3, -0.25) is 0 Å². The largest absolute Gasteiger partial charge is 0.368 e. The number of fused-ring (bicyclic) bond motifs is 1. The minimum atomic E-state index is 0.302. The van der Waals surface area contributed by atoms with E-state index in [9.17, 15) is 0 Å². The van der Waals surface area contributed by atoms with Crippen molar-refractivity contribution in [3.63, 3.8) is 0 Å². The van der Waals surface area contributed by atoms with Crippen LogP contribution in [0, 0.1) is 0 Å². The molecule has 1 atom stereocenters. The average molecular weight is 266 g/mol. The maximum Gasteiger partial charge on any atom is 0.223 e. The molecule has 1 aromatic heterocycles. The minimum absolute atomic E-state index is 0.302. The predicted molar refractivity (Wildman–Crippen MR) is 77.4 cm³/mol. The van der Waals surface area contributed by atoms with E-state index in [4.69, 9.17) is 10.7 Å². The van der Waals surface area contributed by atoms with E-state index in [-0.39, 0.29) is 0 Å². The zero-order chi connectivity index (χ0) is 13.5. The predicted octanol–water partition coefficient (Wildman–Crippen LogP) is 2.80. The van der Waals surface area contributed by atoms with Gasteiger partial charge in [-0.1, -0.05) is 37.1 Å². The molecule has 0 radical (unpaired) electrons. The third-order valence-electron chi connectivity index (χ3n) is 4.57. The summed E-state index contributed by atoms with van der Waals surface area (Å²) in [5.41, 5.74) is 8.65. The molecule has 102 valence electrons. The summed E-state index contributed by atoms with van der Waals surface area (Å²) in [7, 11) is 0.